The van der Waals surface area contributed by atoms with Gasteiger partial charge >= 0.3 is 0 Å². The van der Waals surface area contributed by atoms with Crippen LogP contribution in [0.4, 0.5) is 11.4 Å². The summed E-state index contributed by atoms with van der Waals surface area (Å²) in [5.41, 5.74) is 5.33. The number of nitro benzene ring substituents is 1. The Balaban J connectivity index is 2.38. The van der Waals surface area contributed by atoms with Crippen molar-refractivity contribution in [3.63, 3.8) is 0 Å². The van der Waals surface area contributed by atoms with Crippen LogP contribution in [-0.2, 0) is 4.74 Å². The molecule has 0 bridgehead atoms. The summed E-state index contributed by atoms with van der Waals surface area (Å²) in [7, 11) is 0. The Morgan fingerprint density at radius 3 is 2.95 bits per heavy atom. The third kappa shape index (κ3) is 2.67. The zero-order chi connectivity index (χ0) is 14.7. The van der Waals surface area contributed by atoms with Crippen LogP contribution in [0.25, 0.3) is 0 Å². The maximum atomic E-state index is 11.1. The molecule has 0 radical (unpaired) electrons. The Morgan fingerprint density at radius 2 is 2.35 bits per heavy atom. The Bertz CT molecular complexity index is 596. The molecule has 1 aromatic carbocycles. The average Bonchev–Trinajstić information content (AvgIpc) is 2.46. The van der Waals surface area contributed by atoms with Crippen molar-refractivity contribution in [3.05, 3.63) is 33.9 Å². The topological polar surface area (TPSA) is 122 Å². The fourth-order valence-corrected chi connectivity index (χ4v) is 2.04. The molecule has 0 aliphatic carbocycles. The molecule has 1 saturated heterocycles. The van der Waals surface area contributed by atoms with Crippen molar-refractivity contribution in [1.29, 1.82) is 5.26 Å². The molecule has 0 saturated carbocycles. The van der Waals surface area contributed by atoms with Crippen LogP contribution >= 0.6 is 0 Å². The van der Waals surface area contributed by atoms with Crippen LogP contribution in [0.2, 0.25) is 0 Å². The standard InChI is InChI=1S/C12H12N4O4/c13-6-9-7-15(3-4-20-9)10-2-1-8(12(14)17)5-11(10)16(18)19/h1-2,5,9H,3-4,7H2,(H2,14,17). The van der Waals surface area contributed by atoms with Gasteiger partial charge in [-0.1, -0.05) is 0 Å². The first-order chi connectivity index (χ1) is 9.52. The molecule has 2 N–H and O–H groups in total. The SMILES string of the molecule is N#CC1CN(c2ccc(C(N)=O)cc2[N+](=O)[O-])CCO1. The smallest absolute Gasteiger partial charge is 0.293 e. The van der Waals surface area contributed by atoms with Gasteiger partial charge in [0.15, 0.2) is 6.10 Å². The summed E-state index contributed by atoms with van der Waals surface area (Å²) in [4.78, 5) is 23.3. The normalized spacial score (nSPS) is 18.4. The van der Waals surface area contributed by atoms with E-state index in [1.54, 1.807) is 4.90 Å². The molecule has 1 aliphatic rings. The highest BCUT2D eigenvalue weighted by Crippen LogP contribution is 2.30. The van der Waals surface area contributed by atoms with Gasteiger partial charge in [0.05, 0.1) is 24.1 Å². The number of primary amides is 1. The van der Waals surface area contributed by atoms with Crippen LogP contribution in [0.1, 0.15) is 10.4 Å². The van der Waals surface area contributed by atoms with Crippen molar-refractivity contribution in [2.45, 2.75) is 6.10 Å². The van der Waals surface area contributed by atoms with E-state index in [2.05, 4.69) is 0 Å². The second kappa shape index (κ2) is 5.54. The van der Waals surface area contributed by atoms with E-state index in [0.29, 0.717) is 18.8 Å². The lowest BCUT2D eigenvalue weighted by atomic mass is 10.1. The molecule has 1 heterocycles. The number of nitrogens with zero attached hydrogens (tertiary/aromatic N) is 3. The quantitative estimate of drug-likeness (QED) is 0.630. The Hall–Kier alpha value is -2.66. The second-order valence-corrected chi connectivity index (χ2v) is 4.26. The molecule has 8 heteroatoms. The lowest BCUT2D eigenvalue weighted by Gasteiger charge is -2.31. The predicted molar refractivity (Wildman–Crippen MR) is 69.2 cm³/mol. The third-order valence-electron chi connectivity index (χ3n) is 3.01. The lowest BCUT2D eigenvalue weighted by molar-refractivity contribution is -0.384. The van der Waals surface area contributed by atoms with E-state index < -0.39 is 16.9 Å². The summed E-state index contributed by atoms with van der Waals surface area (Å²) in [5.74, 6) is -0.725. The summed E-state index contributed by atoms with van der Waals surface area (Å²) in [6.07, 6.45) is -0.626. The van der Waals surface area contributed by atoms with Gasteiger partial charge in [-0.25, -0.2) is 0 Å². The predicted octanol–water partition coefficient (Wildman–Crippen LogP) is 0.422. The molecule has 1 atom stereocenters. The first-order valence-corrected chi connectivity index (χ1v) is 5.87. The lowest BCUT2D eigenvalue weighted by Crippen LogP contribution is -2.42. The van der Waals surface area contributed by atoms with E-state index in [-0.39, 0.29) is 17.8 Å². The summed E-state index contributed by atoms with van der Waals surface area (Å²) in [6, 6.07) is 6.02. The minimum Gasteiger partial charge on any atom is -0.366 e. The Kier molecular flexibility index (Phi) is 3.81. The highest BCUT2D eigenvalue weighted by Gasteiger charge is 2.26. The van der Waals surface area contributed by atoms with E-state index in [1.165, 1.54) is 12.1 Å². The van der Waals surface area contributed by atoms with Crippen molar-refractivity contribution in [3.8, 4) is 6.07 Å². The summed E-state index contributed by atoms with van der Waals surface area (Å²) >= 11 is 0. The molecule has 0 aromatic heterocycles. The number of nitro groups is 1. The number of anilines is 1. The van der Waals surface area contributed by atoms with Gasteiger partial charge in [-0.2, -0.15) is 5.26 Å². The number of amides is 1. The van der Waals surface area contributed by atoms with E-state index >= 15 is 0 Å². The fraction of sp³-hybridized carbons (Fsp3) is 0.333. The molecule has 20 heavy (non-hydrogen) atoms. The minimum absolute atomic E-state index is 0.0746. The monoisotopic (exact) mass is 276 g/mol. The first kappa shape index (κ1) is 13.8. The number of rotatable bonds is 3. The van der Waals surface area contributed by atoms with Crippen LogP contribution in [0.15, 0.2) is 18.2 Å². The molecule has 1 unspecified atom stereocenters. The van der Waals surface area contributed by atoms with Gasteiger partial charge < -0.3 is 15.4 Å². The molecular formula is C12H12N4O4. The van der Waals surface area contributed by atoms with Crippen LogP contribution in [0.3, 0.4) is 0 Å². The van der Waals surface area contributed by atoms with Gasteiger partial charge in [0, 0.05) is 18.2 Å². The van der Waals surface area contributed by atoms with Crippen LogP contribution in [0.5, 0.6) is 0 Å². The van der Waals surface area contributed by atoms with Crippen molar-refractivity contribution in [2.75, 3.05) is 24.6 Å². The van der Waals surface area contributed by atoms with Gasteiger partial charge in [-0.05, 0) is 12.1 Å². The molecular weight excluding hydrogens is 264 g/mol. The average molecular weight is 276 g/mol. The van der Waals surface area contributed by atoms with Crippen LogP contribution in [0, 0.1) is 21.4 Å². The largest absolute Gasteiger partial charge is 0.366 e. The summed E-state index contributed by atoms with van der Waals surface area (Å²) < 4.78 is 5.19. The number of carbonyl (C=O) groups is 1. The van der Waals surface area contributed by atoms with Crippen LogP contribution < -0.4 is 10.6 Å². The summed E-state index contributed by atoms with van der Waals surface area (Å²) in [5, 5.41) is 20.0. The second-order valence-electron chi connectivity index (χ2n) is 4.26. The molecule has 0 spiro atoms. The molecule has 1 aliphatic heterocycles. The van der Waals surface area contributed by atoms with E-state index in [4.69, 9.17) is 15.7 Å². The maximum absolute atomic E-state index is 11.1. The van der Waals surface area contributed by atoms with Crippen molar-refractivity contribution >= 4 is 17.3 Å². The zero-order valence-corrected chi connectivity index (χ0v) is 10.5. The Labute approximate surface area is 114 Å². The van der Waals surface area contributed by atoms with Gasteiger partial charge in [0.25, 0.3) is 5.69 Å². The molecule has 1 fully saturated rings. The van der Waals surface area contributed by atoms with E-state index in [0.717, 1.165) is 6.07 Å². The van der Waals surface area contributed by atoms with Gasteiger partial charge in [0.2, 0.25) is 5.91 Å². The minimum atomic E-state index is -0.725. The third-order valence-corrected chi connectivity index (χ3v) is 3.01. The first-order valence-electron chi connectivity index (χ1n) is 5.87. The maximum Gasteiger partial charge on any atom is 0.293 e. The van der Waals surface area contributed by atoms with Crippen molar-refractivity contribution in [2.24, 2.45) is 5.73 Å². The number of nitrogens with two attached hydrogens (primary N) is 1. The highest BCUT2D eigenvalue weighted by molar-refractivity contribution is 5.94. The number of carbonyl (C=O) groups excluding carboxylic acids is 1. The molecule has 2 rings (SSSR count). The fourth-order valence-electron chi connectivity index (χ4n) is 2.04. The Morgan fingerprint density at radius 1 is 1.60 bits per heavy atom. The van der Waals surface area contributed by atoms with E-state index in [9.17, 15) is 14.9 Å². The van der Waals surface area contributed by atoms with Gasteiger partial charge in [0.1, 0.15) is 5.69 Å². The number of nitriles is 1. The van der Waals surface area contributed by atoms with Crippen LogP contribution in [-0.4, -0.2) is 36.6 Å². The summed E-state index contributed by atoms with van der Waals surface area (Å²) in [6.45, 7) is 0.995. The molecule has 104 valence electrons. The molecule has 1 aromatic rings. The number of ether oxygens (including phenoxy) is 1. The zero-order valence-electron chi connectivity index (χ0n) is 10.5. The van der Waals surface area contributed by atoms with Crippen molar-refractivity contribution < 1.29 is 14.5 Å². The number of hydrogen-bond acceptors (Lipinski definition) is 6. The number of benzene rings is 1. The van der Waals surface area contributed by atoms with Gasteiger partial charge in [-0.15, -0.1) is 0 Å². The molecule has 8 nitrogen and oxygen atoms in total. The number of morpholine rings is 1. The van der Waals surface area contributed by atoms with E-state index in [1.807, 2.05) is 6.07 Å². The molecule has 1 amide bonds. The number of hydrogen-bond donors (Lipinski definition) is 1. The highest BCUT2D eigenvalue weighted by atomic mass is 16.6. The van der Waals surface area contributed by atoms with Crippen molar-refractivity contribution in [1.82, 2.24) is 0 Å². The van der Waals surface area contributed by atoms with Gasteiger partial charge in [-0.3, -0.25) is 14.9 Å².